The van der Waals surface area contributed by atoms with Crippen molar-refractivity contribution in [2.75, 3.05) is 6.54 Å². The molecule has 0 bridgehead atoms. The monoisotopic (exact) mass is 502 g/mol. The molecule has 1 aromatic heterocycles. The Labute approximate surface area is 214 Å². The van der Waals surface area contributed by atoms with Gasteiger partial charge in [0, 0.05) is 37.3 Å². The lowest BCUT2D eigenvalue weighted by molar-refractivity contribution is 0.0275. The number of hydrogen-bond donors (Lipinski definition) is 4. The van der Waals surface area contributed by atoms with Crippen LogP contribution in [0.5, 0.6) is 0 Å². The number of aromatic nitrogens is 2. The average molecular weight is 503 g/mol. The number of amidine groups is 1. The molecule has 6 N–H and O–H groups in total. The second-order valence-corrected chi connectivity index (χ2v) is 10.3. The molecule has 1 amide bonds. The summed E-state index contributed by atoms with van der Waals surface area (Å²) in [6, 6.07) is 5.61. The number of amides is 1. The van der Waals surface area contributed by atoms with E-state index < -0.39 is 29.8 Å². The lowest BCUT2D eigenvalue weighted by Gasteiger charge is -2.46. The number of nitrogens with one attached hydrogen (secondary N) is 1. The number of hydrogen-bond acceptors (Lipinski definition) is 10. The van der Waals surface area contributed by atoms with Gasteiger partial charge < -0.3 is 26.8 Å². The van der Waals surface area contributed by atoms with Crippen molar-refractivity contribution < 1.29 is 14.7 Å². The number of ketones is 1. The van der Waals surface area contributed by atoms with Crippen LogP contribution < -0.4 is 16.8 Å². The molecular formula is C26H30N8O3. The van der Waals surface area contributed by atoms with Gasteiger partial charge in [-0.1, -0.05) is 12.1 Å². The maximum atomic E-state index is 13.4. The van der Waals surface area contributed by atoms with Crippen LogP contribution in [0.4, 0.5) is 0 Å². The van der Waals surface area contributed by atoms with E-state index in [1.807, 2.05) is 12.1 Å². The molecule has 11 heteroatoms. The Kier molecular flexibility index (Phi) is 5.67. The first-order chi connectivity index (χ1) is 17.9. The normalized spacial score (nSPS) is 30.0. The average Bonchev–Trinajstić information content (AvgIpc) is 3.41. The molecule has 5 atom stereocenters. The number of guanidine groups is 1. The van der Waals surface area contributed by atoms with E-state index in [-0.39, 0.29) is 42.9 Å². The molecule has 6 rings (SSSR count). The van der Waals surface area contributed by atoms with Crippen molar-refractivity contribution >= 4 is 23.5 Å². The van der Waals surface area contributed by atoms with Gasteiger partial charge >= 0.3 is 0 Å². The Morgan fingerprint density at radius 3 is 2.70 bits per heavy atom. The summed E-state index contributed by atoms with van der Waals surface area (Å²) in [5.74, 6) is 0.131. The smallest absolute Gasteiger partial charge is 0.251 e. The largest absolute Gasteiger partial charge is 0.388 e. The third-order valence-electron chi connectivity index (χ3n) is 8.16. The number of aryl methyl sites for hydroxylation is 1. The van der Waals surface area contributed by atoms with E-state index in [2.05, 4.69) is 31.3 Å². The van der Waals surface area contributed by atoms with E-state index in [4.69, 9.17) is 11.5 Å². The number of nitrogens with two attached hydrogens (primary N) is 2. The zero-order valence-electron chi connectivity index (χ0n) is 20.4. The molecule has 3 aliphatic heterocycles. The zero-order chi connectivity index (χ0) is 25.7. The fourth-order valence-corrected chi connectivity index (χ4v) is 6.52. The Hall–Kier alpha value is -3.86. The number of fused-ring (bicyclic) bond motifs is 1. The second kappa shape index (κ2) is 8.91. The summed E-state index contributed by atoms with van der Waals surface area (Å²) in [6.07, 6.45) is 6.24. The van der Waals surface area contributed by atoms with Gasteiger partial charge in [0.15, 0.2) is 11.8 Å². The molecular weight excluding hydrogens is 472 g/mol. The highest BCUT2D eigenvalue weighted by Crippen LogP contribution is 2.45. The Morgan fingerprint density at radius 1 is 1.11 bits per heavy atom. The molecule has 1 fully saturated rings. The van der Waals surface area contributed by atoms with Crippen LogP contribution in [0.3, 0.4) is 0 Å². The summed E-state index contributed by atoms with van der Waals surface area (Å²) >= 11 is 0. The molecule has 0 radical (unpaired) electrons. The summed E-state index contributed by atoms with van der Waals surface area (Å²) < 4.78 is 0. The quantitative estimate of drug-likeness (QED) is 0.413. The van der Waals surface area contributed by atoms with E-state index in [1.165, 1.54) is 18.0 Å². The molecule has 4 heterocycles. The number of aliphatic hydroxyl groups is 1. The number of Topliss-reactive ketones (excluding diaryl/α,β-unsaturated/α-hetero) is 1. The maximum absolute atomic E-state index is 13.4. The van der Waals surface area contributed by atoms with Crippen LogP contribution in [-0.4, -0.2) is 79.8 Å². The molecule has 3 unspecified atom stereocenters. The third-order valence-corrected chi connectivity index (χ3v) is 8.16. The number of benzene rings is 1. The number of carbonyl (C=O) groups is 2. The van der Waals surface area contributed by atoms with Gasteiger partial charge in [0.2, 0.25) is 5.78 Å². The summed E-state index contributed by atoms with van der Waals surface area (Å²) in [7, 11) is 0. The van der Waals surface area contributed by atoms with Gasteiger partial charge in [-0.25, -0.2) is 15.0 Å². The maximum Gasteiger partial charge on any atom is 0.251 e. The van der Waals surface area contributed by atoms with Gasteiger partial charge in [-0.05, 0) is 48.9 Å². The van der Waals surface area contributed by atoms with Crippen LogP contribution in [0.1, 0.15) is 57.8 Å². The molecule has 0 saturated carbocycles. The van der Waals surface area contributed by atoms with Crippen molar-refractivity contribution in [1.82, 2.24) is 20.2 Å². The van der Waals surface area contributed by atoms with Crippen LogP contribution in [0, 0.1) is 0 Å². The van der Waals surface area contributed by atoms with Gasteiger partial charge in [0.25, 0.3) is 5.91 Å². The van der Waals surface area contributed by atoms with Crippen LogP contribution in [0.15, 0.2) is 46.6 Å². The summed E-state index contributed by atoms with van der Waals surface area (Å²) in [4.78, 5) is 45.4. The number of rotatable bonds is 5. The first-order valence-corrected chi connectivity index (χ1v) is 12.7. The van der Waals surface area contributed by atoms with Gasteiger partial charge in [0.05, 0.1) is 17.9 Å². The van der Waals surface area contributed by atoms with E-state index in [9.17, 15) is 14.7 Å². The van der Waals surface area contributed by atoms with Crippen LogP contribution in [0.25, 0.3) is 0 Å². The first kappa shape index (κ1) is 23.5. The topological polar surface area (TPSA) is 172 Å². The van der Waals surface area contributed by atoms with E-state index in [0.29, 0.717) is 11.4 Å². The minimum absolute atomic E-state index is 0.0261. The molecule has 192 valence electrons. The summed E-state index contributed by atoms with van der Waals surface area (Å²) in [5, 5.41) is 14.7. The highest BCUT2D eigenvalue weighted by Gasteiger charge is 2.65. The molecule has 1 spiro atoms. The Balaban J connectivity index is 1.27. The lowest BCUT2D eigenvalue weighted by Crippen LogP contribution is -2.66. The predicted molar refractivity (Wildman–Crippen MR) is 136 cm³/mol. The minimum Gasteiger partial charge on any atom is -0.388 e. The van der Waals surface area contributed by atoms with E-state index in [0.717, 1.165) is 31.2 Å². The minimum atomic E-state index is -1.02. The van der Waals surface area contributed by atoms with Crippen molar-refractivity contribution in [1.29, 1.82) is 0 Å². The Morgan fingerprint density at radius 2 is 1.89 bits per heavy atom. The molecule has 2 aromatic rings. The van der Waals surface area contributed by atoms with E-state index >= 15 is 0 Å². The fraction of sp³-hybridized carbons (Fsp3) is 0.462. The van der Waals surface area contributed by atoms with Crippen molar-refractivity contribution in [3.63, 3.8) is 0 Å². The highest BCUT2D eigenvalue weighted by atomic mass is 16.3. The lowest BCUT2D eigenvalue weighted by atomic mass is 9.77. The van der Waals surface area contributed by atoms with Gasteiger partial charge in [0.1, 0.15) is 17.7 Å². The number of aliphatic imine (C=N–C) groups is 2. The second-order valence-electron chi connectivity index (χ2n) is 10.3. The molecule has 1 aromatic carbocycles. The number of nitrogens with zero attached hydrogens (tertiary/aromatic N) is 5. The summed E-state index contributed by atoms with van der Waals surface area (Å²) in [5.41, 5.74) is 14.5. The molecule has 1 aliphatic carbocycles. The van der Waals surface area contributed by atoms with Crippen LogP contribution in [-0.2, 0) is 12.8 Å². The van der Waals surface area contributed by atoms with Crippen molar-refractivity contribution in [3.05, 3.63) is 59.2 Å². The number of carbonyl (C=O) groups excluding carboxylic acids is 2. The number of aliphatic hydroxyl groups excluding tert-OH is 1. The molecule has 37 heavy (non-hydrogen) atoms. The van der Waals surface area contributed by atoms with Gasteiger partial charge in [-0.2, -0.15) is 0 Å². The van der Waals surface area contributed by atoms with Crippen LogP contribution >= 0.6 is 0 Å². The van der Waals surface area contributed by atoms with Gasteiger partial charge in [-0.3, -0.25) is 14.6 Å². The highest BCUT2D eigenvalue weighted by molar-refractivity contribution is 5.97. The van der Waals surface area contributed by atoms with Crippen molar-refractivity contribution in [2.45, 2.75) is 68.3 Å². The zero-order valence-corrected chi connectivity index (χ0v) is 20.4. The predicted octanol–water partition coefficient (Wildman–Crippen LogP) is -0.0315. The molecule has 1 saturated heterocycles. The Bertz CT molecular complexity index is 1310. The summed E-state index contributed by atoms with van der Waals surface area (Å²) in [6.45, 7) is 0.263. The van der Waals surface area contributed by atoms with E-state index in [1.54, 1.807) is 11.0 Å². The molecule has 4 aliphatic rings. The fourth-order valence-electron chi connectivity index (χ4n) is 6.52. The van der Waals surface area contributed by atoms with Crippen molar-refractivity contribution in [3.8, 4) is 0 Å². The SMILES string of the molecule is NC1=N[C@H]2C(CC(=O)c3ncccn3)N=C(N)N3CC(NC(=O)c4cccc5c4CCCC5)C(O)[C@]23C1. The standard InChI is InChI=1S/C26H30N8O3/c27-20-12-26-21(33-20)17(11-19(35)23-29-9-4-10-30-23)32-25(28)34(26)13-18(22(26)36)31-24(37)16-8-3-6-14-5-1-2-7-15(14)16/h3-4,6,8-10,17-18,21-22,36H,1-2,5,7,11-13H2,(H2,27,33)(H2,28,32)(H,31,37)/t17?,18?,21-,22?,26-/m0/s1. The first-order valence-electron chi connectivity index (χ1n) is 12.7. The van der Waals surface area contributed by atoms with Crippen LogP contribution in [0.2, 0.25) is 0 Å². The van der Waals surface area contributed by atoms with Crippen molar-refractivity contribution in [2.24, 2.45) is 21.5 Å². The third kappa shape index (κ3) is 3.76. The molecule has 11 nitrogen and oxygen atoms in total. The van der Waals surface area contributed by atoms with Gasteiger partial charge in [-0.15, -0.1) is 0 Å².